The first-order valence-electron chi connectivity index (χ1n) is 9.65. The van der Waals surface area contributed by atoms with Gasteiger partial charge in [0.1, 0.15) is 11.5 Å². The zero-order valence-corrected chi connectivity index (χ0v) is 17.5. The summed E-state index contributed by atoms with van der Waals surface area (Å²) < 4.78 is 10.8. The van der Waals surface area contributed by atoms with Crippen LogP contribution in [0.3, 0.4) is 0 Å². The number of hydrogen-bond acceptors (Lipinski definition) is 4. The molecule has 0 aromatic rings. The lowest BCUT2D eigenvalue weighted by Gasteiger charge is -2.26. The summed E-state index contributed by atoms with van der Waals surface area (Å²) >= 11 is 0. The third-order valence-electron chi connectivity index (χ3n) is 4.56. The first kappa shape index (κ1) is 23.4. The first-order chi connectivity index (χ1) is 13.3. The van der Waals surface area contributed by atoms with Crippen LogP contribution in [0.15, 0.2) is 72.3 Å². The van der Waals surface area contributed by atoms with Crippen LogP contribution in [0.25, 0.3) is 0 Å². The van der Waals surface area contributed by atoms with Crippen molar-refractivity contribution in [1.82, 2.24) is 0 Å². The summed E-state index contributed by atoms with van der Waals surface area (Å²) in [6.07, 6.45) is 12.9. The van der Waals surface area contributed by atoms with E-state index in [9.17, 15) is 9.59 Å². The molecule has 0 atom stereocenters. The minimum absolute atomic E-state index is 0.183. The molecule has 152 valence electrons. The van der Waals surface area contributed by atoms with Gasteiger partial charge in [-0.05, 0) is 71.6 Å². The van der Waals surface area contributed by atoms with Crippen LogP contribution in [0.5, 0.6) is 0 Å². The number of hydrogen-bond donors (Lipinski definition) is 0. The van der Waals surface area contributed by atoms with E-state index < -0.39 is 0 Å². The zero-order valence-electron chi connectivity index (χ0n) is 17.5. The lowest BCUT2D eigenvalue weighted by Crippen LogP contribution is -2.28. The molecule has 1 aliphatic carbocycles. The molecule has 1 fully saturated rings. The average Bonchev–Trinajstić information content (AvgIpc) is 2.68. The summed E-state index contributed by atoms with van der Waals surface area (Å²) in [4.78, 5) is 24.7. The van der Waals surface area contributed by atoms with E-state index in [1.54, 1.807) is 25.2 Å². The minimum atomic E-state index is -0.263. The van der Waals surface area contributed by atoms with E-state index in [1.807, 2.05) is 32.9 Å². The van der Waals surface area contributed by atoms with Crippen molar-refractivity contribution >= 4 is 11.9 Å². The Labute approximate surface area is 169 Å². The molecule has 0 aromatic heterocycles. The molecule has 0 unspecified atom stereocenters. The number of carbonyl (C=O) groups excluding carboxylic acids is 2. The quantitative estimate of drug-likeness (QED) is 0.295. The summed E-state index contributed by atoms with van der Waals surface area (Å²) in [5, 5.41) is 0. The summed E-state index contributed by atoms with van der Waals surface area (Å²) in [6, 6.07) is 0. The maximum absolute atomic E-state index is 12.4. The fraction of sp³-hybridized carbons (Fsp3) is 0.417. The Morgan fingerprint density at radius 2 is 1.29 bits per heavy atom. The van der Waals surface area contributed by atoms with Crippen LogP contribution in [0, 0.1) is 11.8 Å². The Balaban J connectivity index is 2.55. The van der Waals surface area contributed by atoms with Gasteiger partial charge in [0, 0.05) is 0 Å². The summed E-state index contributed by atoms with van der Waals surface area (Å²) in [5.41, 5.74) is 2.10. The van der Waals surface area contributed by atoms with Gasteiger partial charge in [0.05, 0.1) is 11.8 Å². The Bertz CT molecular complexity index is 707. The molecule has 0 aromatic carbocycles. The highest BCUT2D eigenvalue weighted by Crippen LogP contribution is 2.31. The predicted octanol–water partition coefficient (Wildman–Crippen LogP) is 5.95. The van der Waals surface area contributed by atoms with Crippen molar-refractivity contribution in [3.05, 3.63) is 72.3 Å². The molecule has 0 amide bonds. The predicted molar refractivity (Wildman–Crippen MR) is 113 cm³/mol. The topological polar surface area (TPSA) is 52.6 Å². The highest BCUT2D eigenvalue weighted by molar-refractivity contribution is 5.76. The normalized spacial score (nSPS) is 20.8. The molecular formula is C24H32O4. The number of allylic oxidation sites excluding steroid dienone is 9. The third-order valence-corrected chi connectivity index (χ3v) is 4.56. The molecule has 0 bridgehead atoms. The van der Waals surface area contributed by atoms with Crippen LogP contribution < -0.4 is 0 Å². The number of rotatable bonds is 8. The van der Waals surface area contributed by atoms with Crippen molar-refractivity contribution in [3.8, 4) is 0 Å². The maximum Gasteiger partial charge on any atom is 0.314 e. The molecular weight excluding hydrogens is 352 g/mol. The monoisotopic (exact) mass is 384 g/mol. The van der Waals surface area contributed by atoms with Gasteiger partial charge < -0.3 is 9.47 Å². The van der Waals surface area contributed by atoms with E-state index in [2.05, 4.69) is 13.2 Å². The number of carbonyl (C=O) groups is 2. The van der Waals surface area contributed by atoms with Gasteiger partial charge in [-0.15, -0.1) is 0 Å². The van der Waals surface area contributed by atoms with Gasteiger partial charge in [0.25, 0.3) is 0 Å². The molecule has 28 heavy (non-hydrogen) atoms. The third kappa shape index (κ3) is 8.38. The van der Waals surface area contributed by atoms with Crippen LogP contribution >= 0.6 is 0 Å². The average molecular weight is 385 g/mol. The van der Waals surface area contributed by atoms with Crippen LogP contribution in [0.2, 0.25) is 0 Å². The van der Waals surface area contributed by atoms with E-state index in [-0.39, 0.29) is 23.8 Å². The lowest BCUT2D eigenvalue weighted by molar-refractivity contribution is -0.150. The van der Waals surface area contributed by atoms with Gasteiger partial charge in [-0.2, -0.15) is 0 Å². The van der Waals surface area contributed by atoms with Crippen LogP contribution in [0.1, 0.15) is 53.4 Å². The van der Waals surface area contributed by atoms with Gasteiger partial charge >= 0.3 is 11.9 Å². The maximum atomic E-state index is 12.4. The summed E-state index contributed by atoms with van der Waals surface area (Å²) in [5.74, 6) is 0.108. The van der Waals surface area contributed by atoms with Gasteiger partial charge in [-0.1, -0.05) is 42.5 Å². The van der Waals surface area contributed by atoms with Crippen molar-refractivity contribution in [1.29, 1.82) is 0 Å². The fourth-order valence-electron chi connectivity index (χ4n) is 2.75. The Kier molecular flexibility index (Phi) is 10.0. The van der Waals surface area contributed by atoms with E-state index in [1.165, 1.54) is 6.08 Å². The van der Waals surface area contributed by atoms with E-state index in [4.69, 9.17) is 9.47 Å². The molecule has 0 heterocycles. The van der Waals surface area contributed by atoms with Crippen LogP contribution in [0.4, 0.5) is 0 Å². The zero-order chi connectivity index (χ0) is 21.1. The highest BCUT2D eigenvalue weighted by atomic mass is 16.5. The second-order valence-corrected chi connectivity index (χ2v) is 7.30. The first-order valence-corrected chi connectivity index (χ1v) is 9.65. The highest BCUT2D eigenvalue weighted by Gasteiger charge is 2.32. The second kappa shape index (κ2) is 12.0. The number of ether oxygens (including phenoxy) is 2. The summed E-state index contributed by atoms with van der Waals surface area (Å²) in [6.45, 7) is 15.0. The van der Waals surface area contributed by atoms with E-state index in [0.29, 0.717) is 37.2 Å². The molecule has 4 nitrogen and oxygen atoms in total. The standard InChI is InChI=1S/C24H32O4/c1-7-18(5)10-11-19(6)27-23(25)20-12-14-21(15-13-20)24(26)28-22(8-2)16-9-17(3)4/h7-11,16,20-21H,1-2,12-15H2,3-6H3/b18-10-,19-11+,22-16+. The molecule has 1 aliphatic rings. The number of esters is 2. The van der Waals surface area contributed by atoms with Crippen molar-refractivity contribution < 1.29 is 19.1 Å². The van der Waals surface area contributed by atoms with Gasteiger partial charge in [0.15, 0.2) is 0 Å². The summed E-state index contributed by atoms with van der Waals surface area (Å²) in [7, 11) is 0. The van der Waals surface area contributed by atoms with Gasteiger partial charge in [-0.3, -0.25) is 9.59 Å². The molecule has 0 N–H and O–H groups in total. The Morgan fingerprint density at radius 3 is 1.75 bits per heavy atom. The smallest absolute Gasteiger partial charge is 0.314 e. The van der Waals surface area contributed by atoms with Gasteiger partial charge in [-0.25, -0.2) is 0 Å². The largest absolute Gasteiger partial charge is 0.431 e. The Morgan fingerprint density at radius 1 is 0.750 bits per heavy atom. The molecule has 0 saturated heterocycles. The minimum Gasteiger partial charge on any atom is -0.431 e. The van der Waals surface area contributed by atoms with Crippen LogP contribution in [-0.2, 0) is 19.1 Å². The Hall–Kier alpha value is -2.62. The molecule has 0 aliphatic heterocycles. The van der Waals surface area contributed by atoms with Crippen molar-refractivity contribution in [3.63, 3.8) is 0 Å². The van der Waals surface area contributed by atoms with Crippen LogP contribution in [-0.4, -0.2) is 11.9 Å². The molecule has 1 saturated carbocycles. The van der Waals surface area contributed by atoms with Crippen molar-refractivity contribution in [2.75, 3.05) is 0 Å². The second-order valence-electron chi connectivity index (χ2n) is 7.30. The molecule has 1 rings (SSSR count). The van der Waals surface area contributed by atoms with E-state index >= 15 is 0 Å². The molecule has 0 radical (unpaired) electrons. The fourth-order valence-corrected chi connectivity index (χ4v) is 2.75. The van der Waals surface area contributed by atoms with Crippen molar-refractivity contribution in [2.45, 2.75) is 53.4 Å². The molecule has 4 heteroatoms. The van der Waals surface area contributed by atoms with Gasteiger partial charge in [0.2, 0.25) is 0 Å². The van der Waals surface area contributed by atoms with E-state index in [0.717, 1.165) is 11.1 Å². The SMILES string of the molecule is C=C/C(C)=C\C=C(/C)OC(=O)C1CCC(C(=O)O/C(C=C)=C/C=C(C)C)CC1. The lowest BCUT2D eigenvalue weighted by atomic mass is 9.82. The van der Waals surface area contributed by atoms with Crippen molar-refractivity contribution in [2.24, 2.45) is 11.8 Å². The molecule has 0 spiro atoms.